The molecular formula is C6H6F3N3. The molecule has 1 aromatic heterocycles. The van der Waals surface area contributed by atoms with Gasteiger partial charge in [0.15, 0.2) is 11.6 Å². The van der Waals surface area contributed by atoms with Crippen LogP contribution >= 0.6 is 0 Å². The molecule has 0 aliphatic rings. The predicted octanol–water partition coefficient (Wildman–Crippen LogP) is 1.32. The number of pyridine rings is 1. The molecule has 66 valence electrons. The van der Waals surface area contributed by atoms with Crippen LogP contribution in [0.1, 0.15) is 12.0 Å². The summed E-state index contributed by atoms with van der Waals surface area (Å²) in [6, 6.07) is 0. The monoisotopic (exact) mass is 177 g/mol. The summed E-state index contributed by atoms with van der Waals surface area (Å²) in [6.45, 7) is 0. The molecule has 0 saturated heterocycles. The first-order valence-electron chi connectivity index (χ1n) is 3.01. The van der Waals surface area contributed by atoms with Crippen LogP contribution in [-0.2, 0) is 0 Å². The maximum absolute atomic E-state index is 12.7. The summed E-state index contributed by atoms with van der Waals surface area (Å²) in [6.07, 6.45) is -2.08. The highest BCUT2D eigenvalue weighted by molar-refractivity contribution is 5.54. The van der Waals surface area contributed by atoms with Gasteiger partial charge in [-0.15, -0.1) is 0 Å². The Kier molecular flexibility index (Phi) is 2.07. The van der Waals surface area contributed by atoms with Gasteiger partial charge >= 0.3 is 0 Å². The van der Waals surface area contributed by atoms with Crippen LogP contribution in [0.3, 0.4) is 0 Å². The second-order valence-electron chi connectivity index (χ2n) is 2.13. The van der Waals surface area contributed by atoms with Crippen LogP contribution < -0.4 is 11.5 Å². The van der Waals surface area contributed by atoms with Crippen molar-refractivity contribution in [3.05, 3.63) is 17.6 Å². The average Bonchev–Trinajstić information content (AvgIpc) is 2.00. The Morgan fingerprint density at radius 3 is 2.42 bits per heavy atom. The highest BCUT2D eigenvalue weighted by atomic mass is 19.3. The summed E-state index contributed by atoms with van der Waals surface area (Å²) < 4.78 is 36.7. The summed E-state index contributed by atoms with van der Waals surface area (Å²) in [5.74, 6) is -1.57. The second kappa shape index (κ2) is 2.88. The molecule has 0 atom stereocenters. The number of rotatable bonds is 1. The van der Waals surface area contributed by atoms with Crippen LogP contribution in [0.5, 0.6) is 0 Å². The Labute approximate surface area is 66.2 Å². The van der Waals surface area contributed by atoms with Crippen LogP contribution in [0.25, 0.3) is 0 Å². The van der Waals surface area contributed by atoms with Gasteiger partial charge in [-0.1, -0.05) is 0 Å². The lowest BCUT2D eigenvalue weighted by Crippen LogP contribution is -2.04. The molecule has 0 spiro atoms. The number of anilines is 2. The van der Waals surface area contributed by atoms with Gasteiger partial charge in [0.2, 0.25) is 0 Å². The fourth-order valence-corrected chi connectivity index (χ4v) is 0.704. The van der Waals surface area contributed by atoms with Crippen molar-refractivity contribution in [1.82, 2.24) is 4.98 Å². The molecule has 1 rings (SSSR count). The van der Waals surface area contributed by atoms with Crippen molar-refractivity contribution in [2.75, 3.05) is 11.5 Å². The van der Waals surface area contributed by atoms with E-state index in [4.69, 9.17) is 11.5 Å². The van der Waals surface area contributed by atoms with Crippen molar-refractivity contribution >= 4 is 11.5 Å². The minimum Gasteiger partial charge on any atom is -0.396 e. The maximum atomic E-state index is 12.7. The third kappa shape index (κ3) is 1.27. The molecular weight excluding hydrogens is 171 g/mol. The third-order valence-corrected chi connectivity index (χ3v) is 1.35. The van der Waals surface area contributed by atoms with Gasteiger partial charge in [0, 0.05) is 6.20 Å². The number of hydrogen-bond donors (Lipinski definition) is 2. The van der Waals surface area contributed by atoms with Crippen molar-refractivity contribution in [2.45, 2.75) is 6.43 Å². The molecule has 0 aliphatic heterocycles. The molecule has 0 unspecified atom stereocenters. The number of halogens is 3. The van der Waals surface area contributed by atoms with Crippen LogP contribution in [0.2, 0.25) is 0 Å². The minimum atomic E-state index is -2.84. The highest BCUT2D eigenvalue weighted by Crippen LogP contribution is 2.27. The molecule has 0 radical (unpaired) electrons. The number of nitrogens with zero attached hydrogens (tertiary/aromatic N) is 1. The first-order valence-corrected chi connectivity index (χ1v) is 3.01. The van der Waals surface area contributed by atoms with E-state index in [0.717, 1.165) is 6.20 Å². The second-order valence-corrected chi connectivity index (χ2v) is 2.13. The predicted molar refractivity (Wildman–Crippen MR) is 38.0 cm³/mol. The number of aromatic nitrogens is 1. The fourth-order valence-electron chi connectivity index (χ4n) is 0.704. The molecule has 12 heavy (non-hydrogen) atoms. The lowest BCUT2D eigenvalue weighted by molar-refractivity contribution is 0.151. The lowest BCUT2D eigenvalue weighted by atomic mass is 10.2. The van der Waals surface area contributed by atoms with Gasteiger partial charge in [-0.05, 0) is 0 Å². The van der Waals surface area contributed by atoms with Crippen LogP contribution in [0.15, 0.2) is 6.20 Å². The molecule has 3 nitrogen and oxygen atoms in total. The fraction of sp³-hybridized carbons (Fsp3) is 0.167. The molecule has 6 heteroatoms. The van der Waals surface area contributed by atoms with E-state index in [0.29, 0.717) is 0 Å². The van der Waals surface area contributed by atoms with E-state index in [-0.39, 0.29) is 0 Å². The zero-order valence-electron chi connectivity index (χ0n) is 5.89. The highest BCUT2D eigenvalue weighted by Gasteiger charge is 2.16. The Hall–Kier alpha value is -1.46. The SMILES string of the molecule is Nc1ncc(C(F)F)c(N)c1F. The van der Waals surface area contributed by atoms with E-state index in [1.807, 2.05) is 0 Å². The van der Waals surface area contributed by atoms with Crippen LogP contribution in [-0.4, -0.2) is 4.98 Å². The van der Waals surface area contributed by atoms with E-state index in [1.54, 1.807) is 0 Å². The van der Waals surface area contributed by atoms with Crippen LogP contribution in [0, 0.1) is 5.82 Å². The first-order chi connectivity index (χ1) is 5.54. The van der Waals surface area contributed by atoms with Crippen molar-refractivity contribution in [1.29, 1.82) is 0 Å². The van der Waals surface area contributed by atoms with Gasteiger partial charge in [0.05, 0.1) is 11.3 Å². The van der Waals surface area contributed by atoms with E-state index in [1.165, 1.54) is 0 Å². The minimum absolute atomic E-state index is 0.475. The Morgan fingerprint density at radius 1 is 1.33 bits per heavy atom. The molecule has 0 fully saturated rings. The smallest absolute Gasteiger partial charge is 0.267 e. The topological polar surface area (TPSA) is 64.9 Å². The molecule has 0 aromatic carbocycles. The average molecular weight is 177 g/mol. The summed E-state index contributed by atoms with van der Waals surface area (Å²) in [4.78, 5) is 3.20. The summed E-state index contributed by atoms with van der Waals surface area (Å²) in [5, 5.41) is 0. The number of alkyl halides is 2. The van der Waals surface area contributed by atoms with E-state index >= 15 is 0 Å². The van der Waals surface area contributed by atoms with E-state index in [2.05, 4.69) is 4.98 Å². The standard InChI is InChI=1S/C6H6F3N3/c7-3-4(10)2(5(8)9)1-12-6(3)11/h1,5H,(H4,10,11,12). The maximum Gasteiger partial charge on any atom is 0.267 e. The van der Waals surface area contributed by atoms with Crippen molar-refractivity contribution in [2.24, 2.45) is 0 Å². The molecule has 1 heterocycles. The van der Waals surface area contributed by atoms with Gasteiger partial charge in [-0.25, -0.2) is 18.2 Å². The van der Waals surface area contributed by atoms with Gasteiger partial charge in [0.1, 0.15) is 0 Å². The molecule has 0 aliphatic carbocycles. The normalized spacial score (nSPS) is 10.7. The van der Waals surface area contributed by atoms with Gasteiger partial charge in [-0.2, -0.15) is 0 Å². The van der Waals surface area contributed by atoms with Crippen molar-refractivity contribution in [3.8, 4) is 0 Å². The van der Waals surface area contributed by atoms with Crippen molar-refractivity contribution in [3.63, 3.8) is 0 Å². The summed E-state index contributed by atoms with van der Waals surface area (Å²) >= 11 is 0. The molecule has 1 aromatic rings. The summed E-state index contributed by atoms with van der Waals surface area (Å²) in [5.41, 5.74) is 8.71. The van der Waals surface area contributed by atoms with E-state index in [9.17, 15) is 13.2 Å². The van der Waals surface area contributed by atoms with E-state index < -0.39 is 29.3 Å². The quantitative estimate of drug-likeness (QED) is 0.679. The zero-order valence-corrected chi connectivity index (χ0v) is 5.89. The Balaban J connectivity index is 3.27. The van der Waals surface area contributed by atoms with Gasteiger partial charge in [-0.3, -0.25) is 0 Å². The lowest BCUT2D eigenvalue weighted by Gasteiger charge is -2.05. The zero-order chi connectivity index (χ0) is 9.30. The summed E-state index contributed by atoms with van der Waals surface area (Å²) in [7, 11) is 0. The number of nitrogen functional groups attached to an aromatic ring is 2. The number of nitrogens with two attached hydrogens (primary N) is 2. The molecule has 0 bridgehead atoms. The molecule has 0 amide bonds. The first kappa shape index (κ1) is 8.63. The largest absolute Gasteiger partial charge is 0.396 e. The van der Waals surface area contributed by atoms with Crippen molar-refractivity contribution < 1.29 is 13.2 Å². The Morgan fingerprint density at radius 2 is 1.92 bits per heavy atom. The van der Waals surface area contributed by atoms with Gasteiger partial charge < -0.3 is 11.5 Å². The molecule has 4 N–H and O–H groups in total. The number of hydrogen-bond acceptors (Lipinski definition) is 3. The van der Waals surface area contributed by atoms with Crippen LogP contribution in [0.4, 0.5) is 24.7 Å². The third-order valence-electron chi connectivity index (χ3n) is 1.35. The molecule has 0 saturated carbocycles. The Bertz CT molecular complexity index is 300. The van der Waals surface area contributed by atoms with Gasteiger partial charge in [0.25, 0.3) is 6.43 Å².